The van der Waals surface area contributed by atoms with Crippen LogP contribution < -0.4 is 4.74 Å². The van der Waals surface area contributed by atoms with Crippen molar-refractivity contribution in [3.63, 3.8) is 0 Å². The first-order valence-corrected chi connectivity index (χ1v) is 6.46. The average molecular weight is 290 g/mol. The number of ether oxygens (including phenoxy) is 3. The fourth-order valence-corrected chi connectivity index (χ4v) is 2.24. The summed E-state index contributed by atoms with van der Waals surface area (Å²) in [6, 6.07) is 6.97. The maximum Gasteiger partial charge on any atom is 0.194 e. The smallest absolute Gasteiger partial charge is 0.194 e. The largest absolute Gasteiger partial charge is 0.506 e. The summed E-state index contributed by atoms with van der Waals surface area (Å²) in [7, 11) is 4.45. The Morgan fingerprint density at radius 1 is 1.19 bits per heavy atom. The van der Waals surface area contributed by atoms with E-state index in [2.05, 4.69) is 0 Å². The van der Waals surface area contributed by atoms with E-state index in [-0.39, 0.29) is 23.5 Å². The number of benzene rings is 1. The number of aliphatic hydroxyl groups is 1. The van der Waals surface area contributed by atoms with Gasteiger partial charge in [0.25, 0.3) is 0 Å². The van der Waals surface area contributed by atoms with Crippen molar-refractivity contribution >= 4 is 11.5 Å². The van der Waals surface area contributed by atoms with E-state index < -0.39 is 5.79 Å². The molecule has 0 spiro atoms. The number of aliphatic hydroxyl groups excluding tert-OH is 1. The topological polar surface area (TPSA) is 65.0 Å². The average Bonchev–Trinajstić information content (AvgIpc) is 2.54. The molecule has 0 saturated heterocycles. The minimum atomic E-state index is -1.07. The molecular weight excluding hydrogens is 272 g/mol. The second kappa shape index (κ2) is 6.11. The molecule has 0 heterocycles. The Balaban J connectivity index is 2.47. The van der Waals surface area contributed by atoms with E-state index >= 15 is 0 Å². The molecule has 0 bridgehead atoms. The van der Waals surface area contributed by atoms with Gasteiger partial charge in [-0.15, -0.1) is 0 Å². The molecule has 0 aromatic heterocycles. The summed E-state index contributed by atoms with van der Waals surface area (Å²) < 4.78 is 15.6. The van der Waals surface area contributed by atoms with Gasteiger partial charge in [0, 0.05) is 14.2 Å². The van der Waals surface area contributed by atoms with Gasteiger partial charge in [-0.3, -0.25) is 4.79 Å². The van der Waals surface area contributed by atoms with Crippen LogP contribution in [0.3, 0.4) is 0 Å². The summed E-state index contributed by atoms with van der Waals surface area (Å²) >= 11 is 0. The van der Waals surface area contributed by atoms with E-state index in [1.807, 2.05) is 0 Å². The van der Waals surface area contributed by atoms with Crippen molar-refractivity contribution < 1.29 is 24.1 Å². The van der Waals surface area contributed by atoms with Gasteiger partial charge in [0.05, 0.1) is 24.7 Å². The quantitative estimate of drug-likeness (QED) is 0.524. The number of ketones is 1. The van der Waals surface area contributed by atoms with E-state index in [0.29, 0.717) is 11.3 Å². The summed E-state index contributed by atoms with van der Waals surface area (Å²) in [5.74, 6) is -0.945. The highest BCUT2D eigenvalue weighted by Crippen LogP contribution is 2.32. The molecule has 0 unspecified atom stereocenters. The predicted octanol–water partition coefficient (Wildman–Crippen LogP) is 2.48. The van der Waals surface area contributed by atoms with E-state index in [4.69, 9.17) is 14.2 Å². The van der Waals surface area contributed by atoms with Crippen LogP contribution in [-0.4, -0.2) is 38.0 Å². The van der Waals surface area contributed by atoms with E-state index in [1.165, 1.54) is 27.4 Å². The zero-order valence-electron chi connectivity index (χ0n) is 12.3. The van der Waals surface area contributed by atoms with Gasteiger partial charge in [-0.05, 0) is 24.3 Å². The lowest BCUT2D eigenvalue weighted by molar-refractivity contribution is -0.178. The van der Waals surface area contributed by atoms with Gasteiger partial charge in [-0.2, -0.15) is 0 Å². The summed E-state index contributed by atoms with van der Waals surface area (Å²) in [6.07, 6.45) is 3.14. The van der Waals surface area contributed by atoms with Crippen molar-refractivity contribution in [3.05, 3.63) is 47.6 Å². The Kier molecular flexibility index (Phi) is 4.45. The first kappa shape index (κ1) is 15.3. The highest BCUT2D eigenvalue weighted by atomic mass is 16.7. The lowest BCUT2D eigenvalue weighted by Gasteiger charge is -2.30. The Morgan fingerprint density at radius 3 is 2.43 bits per heavy atom. The van der Waals surface area contributed by atoms with Gasteiger partial charge in [-0.1, -0.05) is 12.1 Å². The Bertz CT molecular complexity index is 596. The normalized spacial score (nSPS) is 19.5. The van der Waals surface area contributed by atoms with Crippen LogP contribution in [0.1, 0.15) is 12.0 Å². The summed E-state index contributed by atoms with van der Waals surface area (Å²) in [5.41, 5.74) is 0.680. The third kappa shape index (κ3) is 2.84. The Morgan fingerprint density at radius 2 is 1.86 bits per heavy atom. The van der Waals surface area contributed by atoms with Crippen molar-refractivity contribution in [3.8, 4) is 5.75 Å². The second-order valence-corrected chi connectivity index (χ2v) is 4.62. The van der Waals surface area contributed by atoms with Gasteiger partial charge in [0.1, 0.15) is 11.5 Å². The lowest BCUT2D eigenvalue weighted by Crippen LogP contribution is -2.37. The number of hydrogen-bond acceptors (Lipinski definition) is 5. The molecule has 112 valence electrons. The molecule has 0 amide bonds. The third-order valence-electron chi connectivity index (χ3n) is 3.52. The predicted molar refractivity (Wildman–Crippen MR) is 78.1 cm³/mol. The molecular formula is C16H18O5. The Labute approximate surface area is 123 Å². The molecule has 0 atom stereocenters. The number of Topliss-reactive ketones (excluding diaryl/α,β-unsaturated/α-hetero) is 1. The molecule has 5 heteroatoms. The van der Waals surface area contributed by atoms with Gasteiger partial charge in [0.2, 0.25) is 0 Å². The number of hydrogen-bond donors (Lipinski definition) is 1. The molecule has 1 aromatic rings. The van der Waals surface area contributed by atoms with Crippen molar-refractivity contribution in [2.24, 2.45) is 0 Å². The van der Waals surface area contributed by atoms with Crippen LogP contribution in [0.15, 0.2) is 42.0 Å². The van der Waals surface area contributed by atoms with Crippen molar-refractivity contribution in [2.75, 3.05) is 21.3 Å². The molecule has 0 saturated carbocycles. The van der Waals surface area contributed by atoms with E-state index in [1.54, 1.807) is 30.3 Å². The molecule has 1 aliphatic carbocycles. The first-order valence-electron chi connectivity index (χ1n) is 6.46. The molecule has 1 aromatic carbocycles. The monoisotopic (exact) mass is 290 g/mol. The van der Waals surface area contributed by atoms with E-state index in [9.17, 15) is 9.90 Å². The summed E-state index contributed by atoms with van der Waals surface area (Å²) in [4.78, 5) is 12.3. The molecule has 2 rings (SSSR count). The number of methoxy groups -OCH3 is 3. The maximum atomic E-state index is 12.3. The third-order valence-corrected chi connectivity index (χ3v) is 3.52. The van der Waals surface area contributed by atoms with Gasteiger partial charge < -0.3 is 19.3 Å². The number of para-hydroxylation sites is 1. The van der Waals surface area contributed by atoms with Crippen LogP contribution in [0.5, 0.6) is 5.75 Å². The second-order valence-electron chi connectivity index (χ2n) is 4.62. The zero-order chi connectivity index (χ0) is 15.5. The number of rotatable bonds is 4. The molecule has 0 radical (unpaired) electrons. The Hall–Kier alpha value is -2.11. The number of carbonyl (C=O) groups excluding carboxylic acids is 1. The van der Waals surface area contributed by atoms with Gasteiger partial charge in [-0.25, -0.2) is 0 Å². The van der Waals surface area contributed by atoms with E-state index in [0.717, 1.165) is 0 Å². The molecule has 21 heavy (non-hydrogen) atoms. The van der Waals surface area contributed by atoms with Crippen LogP contribution in [0.4, 0.5) is 0 Å². The molecule has 1 aliphatic rings. The minimum absolute atomic E-state index is 0.00500. The fraction of sp³-hybridized carbons (Fsp3) is 0.312. The van der Waals surface area contributed by atoms with Gasteiger partial charge >= 0.3 is 0 Å². The zero-order valence-corrected chi connectivity index (χ0v) is 12.3. The molecule has 5 nitrogen and oxygen atoms in total. The SMILES string of the molecule is COc1ccccc1C(O)=C1C=CC(OC)(OC)CC1=O. The maximum absolute atomic E-state index is 12.3. The molecule has 1 N–H and O–H groups in total. The fourth-order valence-electron chi connectivity index (χ4n) is 2.24. The molecule has 0 aliphatic heterocycles. The standard InChI is InChI=1S/C16H18O5/c1-19-14-7-5-4-6-12(14)15(18)11-8-9-16(20-2,21-3)10-13(11)17/h4-9,18H,10H2,1-3H3. The molecule has 0 fully saturated rings. The van der Waals surface area contributed by atoms with Crippen molar-refractivity contribution in [1.29, 1.82) is 0 Å². The van der Waals surface area contributed by atoms with Crippen LogP contribution >= 0.6 is 0 Å². The van der Waals surface area contributed by atoms with Crippen LogP contribution in [0.25, 0.3) is 5.76 Å². The van der Waals surface area contributed by atoms with Gasteiger partial charge in [0.15, 0.2) is 11.6 Å². The highest BCUT2D eigenvalue weighted by Gasteiger charge is 2.35. The lowest BCUT2D eigenvalue weighted by atomic mass is 9.92. The highest BCUT2D eigenvalue weighted by molar-refractivity contribution is 6.05. The number of allylic oxidation sites excluding steroid dienone is 2. The first-order chi connectivity index (χ1) is 10.1. The minimum Gasteiger partial charge on any atom is -0.506 e. The van der Waals surface area contributed by atoms with Crippen LogP contribution in [-0.2, 0) is 14.3 Å². The summed E-state index contributed by atoms with van der Waals surface area (Å²) in [5, 5.41) is 10.4. The van der Waals surface area contributed by atoms with Crippen molar-refractivity contribution in [2.45, 2.75) is 12.2 Å². The van der Waals surface area contributed by atoms with Crippen molar-refractivity contribution in [1.82, 2.24) is 0 Å². The van der Waals surface area contributed by atoms with Crippen LogP contribution in [0.2, 0.25) is 0 Å². The summed E-state index contributed by atoms with van der Waals surface area (Å²) in [6.45, 7) is 0. The van der Waals surface area contributed by atoms with Crippen LogP contribution in [0, 0.1) is 0 Å². The number of carbonyl (C=O) groups is 1.